The number of hydrogen-bond acceptors (Lipinski definition) is 4. The van der Waals surface area contributed by atoms with E-state index in [0.29, 0.717) is 30.3 Å². The van der Waals surface area contributed by atoms with Crippen molar-refractivity contribution >= 4 is 0 Å². The Morgan fingerprint density at radius 1 is 1.11 bits per heavy atom. The zero-order valence-electron chi connectivity index (χ0n) is 22.0. The van der Waals surface area contributed by atoms with Gasteiger partial charge in [0.25, 0.3) is 5.60 Å². The molecule has 3 aliphatic carbocycles. The summed E-state index contributed by atoms with van der Waals surface area (Å²) in [6.45, 7) is 8.16. The fourth-order valence-electron chi connectivity index (χ4n) is 6.94. The van der Waals surface area contributed by atoms with Gasteiger partial charge in [-0.2, -0.15) is 26.3 Å². The molecule has 0 aliphatic heterocycles. The molecular formula is C28H40F6O4. The van der Waals surface area contributed by atoms with E-state index in [1.807, 2.05) is 13.0 Å². The number of fused-ring (bicyclic) bond motifs is 1. The Kier molecular flexibility index (Phi) is 9.54. The Morgan fingerprint density at radius 2 is 1.76 bits per heavy atom. The van der Waals surface area contributed by atoms with Gasteiger partial charge < -0.3 is 20.1 Å². The molecule has 0 aromatic rings. The molecule has 0 spiro atoms. The van der Waals surface area contributed by atoms with Crippen LogP contribution in [-0.4, -0.2) is 58.7 Å². The van der Waals surface area contributed by atoms with Crippen molar-refractivity contribution in [2.24, 2.45) is 23.2 Å². The minimum Gasteiger partial charge on any atom is -0.393 e. The van der Waals surface area contributed by atoms with E-state index in [2.05, 4.69) is 19.6 Å². The van der Waals surface area contributed by atoms with E-state index in [4.69, 9.17) is 4.74 Å². The standard InChI is InChI=1S/C28H40F6O4/c1-17(16-38-13-5-12-26(37,27(29,30)31)28(32,33)34)22-9-10-23-19(6-4-11-25(22,23)3)7-8-20-14-21(35)15-24(36)18(20)2/h7-8,17,21-24,35-37H,2,4-6,9-16H2,1,3H3/b19-7+,20-8-/t17-,21+,22?,23?,24-,25+/m0/s1. The molecule has 3 aliphatic rings. The van der Waals surface area contributed by atoms with Crippen LogP contribution in [0.3, 0.4) is 0 Å². The fraction of sp³-hybridized carbons (Fsp3) is 0.786. The van der Waals surface area contributed by atoms with Crippen molar-refractivity contribution in [3.05, 3.63) is 35.5 Å². The third-order valence-electron chi connectivity index (χ3n) is 9.13. The average Bonchev–Trinajstić information content (AvgIpc) is 3.16. The summed E-state index contributed by atoms with van der Waals surface area (Å²) in [6, 6.07) is 0. The van der Waals surface area contributed by atoms with E-state index in [1.165, 1.54) is 5.57 Å². The first-order chi connectivity index (χ1) is 17.5. The molecule has 0 radical (unpaired) electrons. The molecule has 0 bridgehead atoms. The van der Waals surface area contributed by atoms with Gasteiger partial charge in [0.05, 0.1) is 12.2 Å². The minimum absolute atomic E-state index is 0.000783. The second-order valence-corrected chi connectivity index (χ2v) is 11.7. The number of ether oxygens (including phenoxy) is 1. The van der Waals surface area contributed by atoms with E-state index in [9.17, 15) is 41.7 Å². The third kappa shape index (κ3) is 6.34. The molecule has 0 heterocycles. The maximum Gasteiger partial charge on any atom is 0.426 e. The smallest absolute Gasteiger partial charge is 0.393 e. The highest BCUT2D eigenvalue weighted by Crippen LogP contribution is 2.59. The van der Waals surface area contributed by atoms with Crippen molar-refractivity contribution in [2.75, 3.05) is 13.2 Å². The summed E-state index contributed by atoms with van der Waals surface area (Å²) in [5.74, 6) is 0.704. The Labute approximate surface area is 220 Å². The summed E-state index contributed by atoms with van der Waals surface area (Å²) in [7, 11) is 0. The van der Waals surface area contributed by atoms with Crippen molar-refractivity contribution in [1.82, 2.24) is 0 Å². The molecule has 3 saturated carbocycles. The van der Waals surface area contributed by atoms with E-state index >= 15 is 0 Å². The van der Waals surface area contributed by atoms with Crippen LogP contribution in [-0.2, 0) is 4.74 Å². The lowest BCUT2D eigenvalue weighted by Crippen LogP contribution is -2.56. The van der Waals surface area contributed by atoms with Crippen LogP contribution in [0.5, 0.6) is 0 Å². The van der Waals surface area contributed by atoms with Crippen molar-refractivity contribution in [1.29, 1.82) is 0 Å². The lowest BCUT2D eigenvalue weighted by atomic mass is 9.61. The van der Waals surface area contributed by atoms with Gasteiger partial charge in [0, 0.05) is 19.6 Å². The summed E-state index contributed by atoms with van der Waals surface area (Å²) in [5.41, 5.74) is -1.91. The molecule has 6 atom stereocenters. The molecule has 3 rings (SSSR count). The minimum atomic E-state index is -5.81. The molecule has 0 aromatic heterocycles. The van der Waals surface area contributed by atoms with E-state index in [1.54, 1.807) is 0 Å². The van der Waals surface area contributed by atoms with Crippen LogP contribution >= 0.6 is 0 Å². The van der Waals surface area contributed by atoms with E-state index in [-0.39, 0.29) is 24.5 Å². The summed E-state index contributed by atoms with van der Waals surface area (Å²) in [5, 5.41) is 29.4. The normalized spacial score (nSPS) is 34.1. The number of halogens is 6. The lowest BCUT2D eigenvalue weighted by molar-refractivity contribution is -0.370. The number of alkyl halides is 6. The first-order valence-corrected chi connectivity index (χ1v) is 13.4. The Balaban J connectivity index is 1.58. The third-order valence-corrected chi connectivity index (χ3v) is 9.13. The summed E-state index contributed by atoms with van der Waals surface area (Å²) in [4.78, 5) is 0. The van der Waals surface area contributed by atoms with Crippen molar-refractivity contribution < 1.29 is 46.4 Å². The molecular weight excluding hydrogens is 514 g/mol. The van der Waals surface area contributed by atoms with Gasteiger partial charge in [-0.1, -0.05) is 38.2 Å². The van der Waals surface area contributed by atoms with Crippen LogP contribution in [0.1, 0.15) is 71.6 Å². The number of aliphatic hydroxyl groups is 3. The first-order valence-electron chi connectivity index (χ1n) is 13.4. The summed E-state index contributed by atoms with van der Waals surface area (Å²) >= 11 is 0. The fourth-order valence-corrected chi connectivity index (χ4v) is 6.94. The van der Waals surface area contributed by atoms with Gasteiger partial charge in [-0.3, -0.25) is 0 Å². The monoisotopic (exact) mass is 554 g/mol. The van der Waals surface area contributed by atoms with Gasteiger partial charge in [-0.05, 0) is 85.7 Å². The number of allylic oxidation sites excluding steroid dienone is 3. The predicted molar refractivity (Wildman–Crippen MR) is 131 cm³/mol. The van der Waals surface area contributed by atoms with E-state index < -0.39 is 43.0 Å². The molecule has 2 unspecified atom stereocenters. The quantitative estimate of drug-likeness (QED) is 0.239. The Hall–Kier alpha value is -1.36. The van der Waals surface area contributed by atoms with Crippen molar-refractivity contribution in [3.63, 3.8) is 0 Å². The number of hydrogen-bond donors (Lipinski definition) is 3. The van der Waals surface area contributed by atoms with Gasteiger partial charge in [0.15, 0.2) is 0 Å². The largest absolute Gasteiger partial charge is 0.426 e. The topological polar surface area (TPSA) is 69.9 Å². The number of aliphatic hydroxyl groups excluding tert-OH is 2. The molecule has 0 aromatic carbocycles. The molecule has 218 valence electrons. The maximum absolute atomic E-state index is 12.8. The van der Waals surface area contributed by atoms with E-state index in [0.717, 1.165) is 37.7 Å². The molecule has 4 nitrogen and oxygen atoms in total. The predicted octanol–water partition coefficient (Wildman–Crippen LogP) is 6.42. The van der Waals surface area contributed by atoms with Gasteiger partial charge in [-0.15, -0.1) is 0 Å². The zero-order valence-corrected chi connectivity index (χ0v) is 22.0. The van der Waals surface area contributed by atoms with Gasteiger partial charge in [0.2, 0.25) is 0 Å². The first kappa shape index (κ1) is 31.2. The van der Waals surface area contributed by atoms with Gasteiger partial charge >= 0.3 is 12.4 Å². The summed E-state index contributed by atoms with van der Waals surface area (Å²) < 4.78 is 82.6. The van der Waals surface area contributed by atoms with Crippen LogP contribution < -0.4 is 0 Å². The summed E-state index contributed by atoms with van der Waals surface area (Å²) in [6.07, 6.45) is -5.26. The average molecular weight is 555 g/mol. The van der Waals surface area contributed by atoms with Gasteiger partial charge in [0.1, 0.15) is 0 Å². The zero-order chi connectivity index (χ0) is 28.5. The Morgan fingerprint density at radius 3 is 2.39 bits per heavy atom. The van der Waals surface area contributed by atoms with Crippen molar-refractivity contribution in [3.8, 4) is 0 Å². The molecule has 0 saturated heterocycles. The second kappa shape index (κ2) is 11.6. The van der Waals surface area contributed by atoms with Gasteiger partial charge in [-0.25, -0.2) is 0 Å². The van der Waals surface area contributed by atoms with Crippen LogP contribution in [0.25, 0.3) is 0 Å². The second-order valence-electron chi connectivity index (χ2n) is 11.7. The highest BCUT2D eigenvalue weighted by molar-refractivity contribution is 5.38. The lowest BCUT2D eigenvalue weighted by Gasteiger charge is -2.44. The molecule has 3 fully saturated rings. The van der Waals surface area contributed by atoms with Crippen LogP contribution in [0.4, 0.5) is 26.3 Å². The van der Waals surface area contributed by atoms with Crippen LogP contribution in [0.2, 0.25) is 0 Å². The van der Waals surface area contributed by atoms with Crippen molar-refractivity contribution in [2.45, 2.75) is 102 Å². The number of rotatable bonds is 8. The highest BCUT2D eigenvalue weighted by atomic mass is 19.4. The van der Waals surface area contributed by atoms with Crippen LogP contribution in [0, 0.1) is 23.2 Å². The molecule has 10 heteroatoms. The SMILES string of the molecule is C=C1/C(=C\C=C2/CCC[C@@]3(C)C2CCC3[C@@H](C)COCCCC(O)(C(F)(F)F)C(F)(F)F)C[C@@H](O)C[C@@H]1O. The van der Waals surface area contributed by atoms with Crippen LogP contribution in [0.15, 0.2) is 35.5 Å². The highest BCUT2D eigenvalue weighted by Gasteiger charge is 2.69. The molecule has 38 heavy (non-hydrogen) atoms. The molecule has 0 amide bonds. The Bertz CT molecular complexity index is 894. The molecule has 3 N–H and O–H groups in total. The maximum atomic E-state index is 12.8.